The van der Waals surface area contributed by atoms with Crippen LogP contribution in [0.3, 0.4) is 0 Å². The maximum Gasteiger partial charge on any atom is 0.204 e. The van der Waals surface area contributed by atoms with Gasteiger partial charge in [-0.1, -0.05) is 12.2 Å². The van der Waals surface area contributed by atoms with E-state index in [0.717, 1.165) is 12.3 Å². The van der Waals surface area contributed by atoms with Crippen molar-refractivity contribution in [1.29, 1.82) is 0 Å². The molecule has 0 aromatic carbocycles. The van der Waals surface area contributed by atoms with Crippen LogP contribution in [-0.4, -0.2) is 11.5 Å². The third kappa shape index (κ3) is 1.36. The fraction of sp³-hybridized carbons (Fsp3) is 0.778. The second kappa shape index (κ2) is 2.88. The number of hydrogen-bond acceptors (Lipinski definition) is 2. The standard InChI is InChI=1S/C9H13NO2/c11-10(12)4-3-9-6-7-1-2-8(9)5-7/h1-2,7-9H,3-6H2. The lowest BCUT2D eigenvalue weighted by molar-refractivity contribution is -0.481. The van der Waals surface area contributed by atoms with Crippen molar-refractivity contribution in [3.05, 3.63) is 22.3 Å². The Balaban J connectivity index is 1.83. The first-order chi connectivity index (χ1) is 5.75. The van der Waals surface area contributed by atoms with Crippen LogP contribution in [0.15, 0.2) is 12.2 Å². The van der Waals surface area contributed by atoms with Gasteiger partial charge in [0.05, 0.1) is 0 Å². The molecule has 2 rings (SSSR count). The third-order valence-corrected chi connectivity index (χ3v) is 3.10. The molecule has 3 heteroatoms. The molecule has 0 aromatic heterocycles. The van der Waals surface area contributed by atoms with Crippen molar-refractivity contribution in [2.24, 2.45) is 17.8 Å². The number of rotatable bonds is 3. The lowest BCUT2D eigenvalue weighted by atomic mass is 9.91. The summed E-state index contributed by atoms with van der Waals surface area (Å²) in [6.07, 6.45) is 7.74. The molecule has 0 N–H and O–H groups in total. The fourth-order valence-electron chi connectivity index (χ4n) is 2.50. The number of fused-ring (bicyclic) bond motifs is 2. The first-order valence-corrected chi connectivity index (χ1v) is 4.56. The molecule has 3 unspecified atom stereocenters. The minimum absolute atomic E-state index is 0.154. The summed E-state index contributed by atoms with van der Waals surface area (Å²) in [6.45, 7) is 0.154. The Hall–Kier alpha value is -0.860. The predicted molar refractivity (Wildman–Crippen MR) is 45.3 cm³/mol. The second-order valence-corrected chi connectivity index (χ2v) is 3.89. The fourth-order valence-corrected chi connectivity index (χ4v) is 2.50. The molecule has 0 saturated heterocycles. The minimum Gasteiger partial charge on any atom is -0.265 e. The molecule has 0 radical (unpaired) electrons. The zero-order valence-electron chi connectivity index (χ0n) is 6.98. The normalized spacial score (nSPS) is 37.5. The highest BCUT2D eigenvalue weighted by molar-refractivity contribution is 5.09. The van der Waals surface area contributed by atoms with E-state index in [1.54, 1.807) is 0 Å². The van der Waals surface area contributed by atoms with Crippen LogP contribution in [0.1, 0.15) is 19.3 Å². The van der Waals surface area contributed by atoms with Crippen LogP contribution in [0.4, 0.5) is 0 Å². The zero-order chi connectivity index (χ0) is 8.55. The first-order valence-electron chi connectivity index (χ1n) is 4.56. The highest BCUT2D eigenvalue weighted by atomic mass is 16.6. The number of hydrogen-bond donors (Lipinski definition) is 0. The van der Waals surface area contributed by atoms with E-state index in [1.165, 1.54) is 12.8 Å². The van der Waals surface area contributed by atoms with E-state index in [9.17, 15) is 10.1 Å². The number of nitro groups is 1. The minimum atomic E-state index is -0.199. The van der Waals surface area contributed by atoms with E-state index in [2.05, 4.69) is 12.2 Å². The van der Waals surface area contributed by atoms with E-state index in [4.69, 9.17) is 0 Å². The van der Waals surface area contributed by atoms with Crippen LogP contribution in [0.2, 0.25) is 0 Å². The van der Waals surface area contributed by atoms with E-state index < -0.39 is 0 Å². The second-order valence-electron chi connectivity index (χ2n) is 3.89. The Bertz CT molecular complexity index is 225. The smallest absolute Gasteiger partial charge is 0.204 e. The molecule has 2 aliphatic carbocycles. The van der Waals surface area contributed by atoms with Gasteiger partial charge in [-0.15, -0.1) is 0 Å². The van der Waals surface area contributed by atoms with Crippen LogP contribution in [0.5, 0.6) is 0 Å². The topological polar surface area (TPSA) is 43.1 Å². The molecule has 3 atom stereocenters. The lowest BCUT2D eigenvalue weighted by Gasteiger charge is -2.14. The third-order valence-electron chi connectivity index (χ3n) is 3.10. The highest BCUT2D eigenvalue weighted by Gasteiger charge is 2.35. The summed E-state index contributed by atoms with van der Waals surface area (Å²) in [7, 11) is 0. The molecule has 66 valence electrons. The molecule has 1 fully saturated rings. The molecule has 1 saturated carbocycles. The van der Waals surface area contributed by atoms with Crippen molar-refractivity contribution in [1.82, 2.24) is 0 Å². The van der Waals surface area contributed by atoms with Gasteiger partial charge in [0.1, 0.15) is 0 Å². The maximum atomic E-state index is 10.1. The van der Waals surface area contributed by atoms with Gasteiger partial charge in [-0.25, -0.2) is 0 Å². The van der Waals surface area contributed by atoms with Crippen molar-refractivity contribution in [2.75, 3.05) is 6.54 Å². The summed E-state index contributed by atoms with van der Waals surface area (Å²) in [6, 6.07) is 0. The molecule has 0 spiro atoms. The monoisotopic (exact) mass is 167 g/mol. The van der Waals surface area contributed by atoms with Gasteiger partial charge in [0.2, 0.25) is 6.54 Å². The van der Waals surface area contributed by atoms with Crippen LogP contribution >= 0.6 is 0 Å². The molecule has 0 amide bonds. The molecule has 2 aliphatic rings. The zero-order valence-corrected chi connectivity index (χ0v) is 6.98. The Morgan fingerprint density at radius 2 is 2.25 bits per heavy atom. The summed E-state index contributed by atoms with van der Waals surface area (Å²) >= 11 is 0. The van der Waals surface area contributed by atoms with Gasteiger partial charge >= 0.3 is 0 Å². The largest absolute Gasteiger partial charge is 0.265 e. The Morgan fingerprint density at radius 3 is 2.75 bits per heavy atom. The quantitative estimate of drug-likeness (QED) is 0.366. The summed E-state index contributed by atoms with van der Waals surface area (Å²) in [5.41, 5.74) is 0. The predicted octanol–water partition coefficient (Wildman–Crippen LogP) is 1.87. The van der Waals surface area contributed by atoms with E-state index in [0.29, 0.717) is 11.8 Å². The van der Waals surface area contributed by atoms with E-state index in [-0.39, 0.29) is 11.5 Å². The van der Waals surface area contributed by atoms with Gasteiger partial charge in [-0.05, 0) is 30.6 Å². The van der Waals surface area contributed by atoms with Gasteiger partial charge in [0, 0.05) is 11.3 Å². The first kappa shape index (κ1) is 7.77. The summed E-state index contributed by atoms with van der Waals surface area (Å²) in [4.78, 5) is 9.95. The highest BCUT2D eigenvalue weighted by Crippen LogP contribution is 2.44. The van der Waals surface area contributed by atoms with Gasteiger partial charge in [-0.3, -0.25) is 10.1 Å². The van der Waals surface area contributed by atoms with Gasteiger partial charge < -0.3 is 0 Å². The van der Waals surface area contributed by atoms with Crippen LogP contribution in [0.25, 0.3) is 0 Å². The number of nitrogens with zero attached hydrogens (tertiary/aromatic N) is 1. The van der Waals surface area contributed by atoms with Crippen molar-refractivity contribution < 1.29 is 4.92 Å². The lowest BCUT2D eigenvalue weighted by Crippen LogP contribution is -2.12. The molecule has 3 nitrogen and oxygen atoms in total. The van der Waals surface area contributed by atoms with Crippen LogP contribution in [0, 0.1) is 27.9 Å². The van der Waals surface area contributed by atoms with Crippen LogP contribution in [-0.2, 0) is 0 Å². The Labute approximate surface area is 71.6 Å². The van der Waals surface area contributed by atoms with Crippen molar-refractivity contribution >= 4 is 0 Å². The SMILES string of the molecule is O=[N+]([O-])CCC1CC2C=CC1C2. The average molecular weight is 167 g/mol. The van der Waals surface area contributed by atoms with Crippen molar-refractivity contribution in [3.8, 4) is 0 Å². The van der Waals surface area contributed by atoms with E-state index >= 15 is 0 Å². The number of allylic oxidation sites excluding steroid dienone is 2. The van der Waals surface area contributed by atoms with Gasteiger partial charge in [-0.2, -0.15) is 0 Å². The van der Waals surface area contributed by atoms with Crippen molar-refractivity contribution in [2.45, 2.75) is 19.3 Å². The maximum absolute atomic E-state index is 10.1. The van der Waals surface area contributed by atoms with Gasteiger partial charge in [0.15, 0.2) is 0 Å². The molecular formula is C9H13NO2. The summed E-state index contributed by atoms with van der Waals surface area (Å²) in [5, 5.41) is 10.1. The van der Waals surface area contributed by atoms with Crippen molar-refractivity contribution in [3.63, 3.8) is 0 Å². The molecule has 0 heterocycles. The van der Waals surface area contributed by atoms with Crippen LogP contribution < -0.4 is 0 Å². The molecular weight excluding hydrogens is 154 g/mol. The molecule has 2 bridgehead atoms. The van der Waals surface area contributed by atoms with Gasteiger partial charge in [0.25, 0.3) is 0 Å². The molecule has 0 aromatic rings. The van der Waals surface area contributed by atoms with E-state index in [1.807, 2.05) is 0 Å². The Morgan fingerprint density at radius 1 is 1.42 bits per heavy atom. The Kier molecular flexibility index (Phi) is 1.87. The summed E-state index contributed by atoms with van der Waals surface area (Å²) < 4.78 is 0. The molecule has 0 aliphatic heterocycles. The summed E-state index contributed by atoms with van der Waals surface area (Å²) in [5.74, 6) is 2.01. The molecule has 12 heavy (non-hydrogen) atoms. The average Bonchev–Trinajstić information content (AvgIpc) is 2.60.